The second-order valence-electron chi connectivity index (χ2n) is 4.86. The minimum atomic E-state index is -4.32. The third-order valence-corrected chi connectivity index (χ3v) is 2.65. The number of aliphatic hydroxyl groups is 2. The molecule has 0 bridgehead atoms. The van der Waals surface area contributed by atoms with Crippen molar-refractivity contribution in [3.8, 4) is 0 Å². The van der Waals surface area contributed by atoms with Gasteiger partial charge in [-0.3, -0.25) is 9.05 Å². The minimum absolute atomic E-state index is 0.0502. The van der Waals surface area contributed by atoms with Crippen LogP contribution in [0.5, 0.6) is 0 Å². The summed E-state index contributed by atoms with van der Waals surface area (Å²) in [5, 5.41) is 19.8. The van der Waals surface area contributed by atoms with Crippen molar-refractivity contribution in [1.82, 2.24) is 5.32 Å². The van der Waals surface area contributed by atoms with Gasteiger partial charge >= 0.3 is 13.9 Å². The molecule has 0 aromatic heterocycles. The Morgan fingerprint density at radius 1 is 1.35 bits per heavy atom. The highest BCUT2D eigenvalue weighted by Crippen LogP contribution is 2.42. The van der Waals surface area contributed by atoms with Crippen molar-refractivity contribution in [3.63, 3.8) is 0 Å². The van der Waals surface area contributed by atoms with Gasteiger partial charge in [0, 0.05) is 6.54 Å². The van der Waals surface area contributed by atoms with E-state index in [1.54, 1.807) is 20.8 Å². The van der Waals surface area contributed by atoms with Gasteiger partial charge in [-0.15, -0.1) is 0 Å². The summed E-state index contributed by atoms with van der Waals surface area (Å²) < 4.78 is 25.2. The van der Waals surface area contributed by atoms with Gasteiger partial charge in [-0.2, -0.15) is 0 Å². The van der Waals surface area contributed by atoms with Crippen LogP contribution in [0.1, 0.15) is 20.8 Å². The Labute approximate surface area is 117 Å². The van der Waals surface area contributed by atoms with E-state index < -0.39 is 38.8 Å². The molecule has 1 amide bonds. The zero-order valence-electron chi connectivity index (χ0n) is 11.7. The zero-order chi connectivity index (χ0) is 15.8. The summed E-state index contributed by atoms with van der Waals surface area (Å²) in [4.78, 5) is 20.4. The molecule has 0 saturated carbocycles. The molecule has 4 N–H and O–H groups in total. The lowest BCUT2D eigenvalue weighted by Crippen LogP contribution is -2.34. The molecule has 0 rings (SSSR count). The number of nitrogens with one attached hydrogen (secondary N) is 1. The van der Waals surface area contributed by atoms with Crippen LogP contribution in [-0.4, -0.2) is 59.3 Å². The van der Waals surface area contributed by atoms with E-state index in [1.165, 1.54) is 0 Å². The molecule has 2 unspecified atom stereocenters. The minimum Gasteiger partial charge on any atom is -0.444 e. The highest BCUT2D eigenvalue weighted by Gasteiger charge is 2.22. The Bertz CT molecular complexity index is 343. The third-order valence-electron chi connectivity index (χ3n) is 1.67. The Kier molecular flexibility index (Phi) is 8.26. The van der Waals surface area contributed by atoms with E-state index in [9.17, 15) is 14.3 Å². The summed E-state index contributed by atoms with van der Waals surface area (Å²) in [6, 6.07) is 0. The lowest BCUT2D eigenvalue weighted by molar-refractivity contribution is 0.0353. The first-order chi connectivity index (χ1) is 9.06. The molecule has 0 aliphatic rings. The van der Waals surface area contributed by atoms with Crippen LogP contribution in [0.2, 0.25) is 0 Å². The molecule has 10 heteroatoms. The highest BCUT2D eigenvalue weighted by atomic mass is 31.2. The summed E-state index contributed by atoms with van der Waals surface area (Å²) in [7, 11) is -4.32. The molecule has 0 fully saturated rings. The van der Waals surface area contributed by atoms with Gasteiger partial charge in [-0.05, 0) is 20.8 Å². The monoisotopic (exact) mass is 315 g/mol. The number of phosphoric acid groups is 1. The van der Waals surface area contributed by atoms with Crippen LogP contribution in [0, 0.1) is 0 Å². The maximum atomic E-state index is 11.3. The molecule has 2 atom stereocenters. The Morgan fingerprint density at radius 3 is 2.45 bits per heavy atom. The first-order valence-electron chi connectivity index (χ1n) is 5.93. The molecule has 0 spiro atoms. The average Bonchev–Trinajstić information content (AvgIpc) is 2.29. The number of carbonyl (C=O) groups is 1. The first-order valence-corrected chi connectivity index (χ1v) is 7.43. The maximum absolute atomic E-state index is 11.3. The largest absolute Gasteiger partial charge is 0.472 e. The van der Waals surface area contributed by atoms with Crippen molar-refractivity contribution in [2.75, 3.05) is 26.4 Å². The van der Waals surface area contributed by atoms with Gasteiger partial charge in [0.1, 0.15) is 11.7 Å². The van der Waals surface area contributed by atoms with E-state index in [2.05, 4.69) is 14.4 Å². The number of phosphoric ester groups is 1. The van der Waals surface area contributed by atoms with Crippen LogP contribution >= 0.6 is 7.82 Å². The van der Waals surface area contributed by atoms with Gasteiger partial charge in [-0.25, -0.2) is 9.36 Å². The van der Waals surface area contributed by atoms with Gasteiger partial charge in [0.15, 0.2) is 0 Å². The second kappa shape index (κ2) is 8.56. The molecule has 0 aromatic rings. The van der Waals surface area contributed by atoms with Gasteiger partial charge in [0.25, 0.3) is 0 Å². The number of hydrogen-bond acceptors (Lipinski definition) is 7. The number of aliphatic hydroxyl groups excluding tert-OH is 2. The number of ether oxygens (including phenoxy) is 1. The van der Waals surface area contributed by atoms with Crippen molar-refractivity contribution >= 4 is 13.9 Å². The number of carbonyl (C=O) groups excluding carboxylic acids is 1. The lowest BCUT2D eigenvalue weighted by atomic mass is 10.2. The maximum Gasteiger partial charge on any atom is 0.472 e. The molecular formula is C10H22NO8P. The smallest absolute Gasteiger partial charge is 0.444 e. The Hall–Kier alpha value is -0.700. The second-order valence-corrected chi connectivity index (χ2v) is 6.32. The van der Waals surface area contributed by atoms with Crippen LogP contribution in [0.4, 0.5) is 4.79 Å². The molecule has 120 valence electrons. The molecular weight excluding hydrogens is 293 g/mol. The Balaban J connectivity index is 3.83. The van der Waals surface area contributed by atoms with Gasteiger partial charge in [-0.1, -0.05) is 0 Å². The van der Waals surface area contributed by atoms with E-state index in [-0.39, 0.29) is 13.2 Å². The molecule has 0 heterocycles. The van der Waals surface area contributed by atoms with Crippen molar-refractivity contribution < 1.29 is 38.3 Å². The van der Waals surface area contributed by atoms with Crippen molar-refractivity contribution in [3.05, 3.63) is 0 Å². The first kappa shape index (κ1) is 19.3. The molecule has 0 aromatic carbocycles. The summed E-state index contributed by atoms with van der Waals surface area (Å²) in [6.45, 7) is 3.64. The number of alkyl carbamates (subject to hydrolysis) is 1. The van der Waals surface area contributed by atoms with Gasteiger partial charge in [0.05, 0.1) is 19.8 Å². The standard InChI is InChI=1S/C10H22NO8P/c1-10(2,3)19-9(14)11-4-5-17-20(15,16)18-7-8(13)6-12/h8,12-13H,4-7H2,1-3H3,(H,11,14)(H,15,16). The van der Waals surface area contributed by atoms with E-state index >= 15 is 0 Å². The van der Waals surface area contributed by atoms with Crippen LogP contribution in [-0.2, 0) is 18.3 Å². The number of rotatable bonds is 8. The summed E-state index contributed by atoms with van der Waals surface area (Å²) in [5.41, 5.74) is -0.638. The normalized spacial score (nSPS) is 16.3. The fourth-order valence-electron chi connectivity index (χ4n) is 0.898. The van der Waals surface area contributed by atoms with Crippen molar-refractivity contribution in [1.29, 1.82) is 0 Å². The highest BCUT2D eigenvalue weighted by molar-refractivity contribution is 7.47. The molecule has 0 aliphatic carbocycles. The molecule has 20 heavy (non-hydrogen) atoms. The van der Waals surface area contributed by atoms with Gasteiger partial charge < -0.3 is 25.2 Å². The molecule has 0 aliphatic heterocycles. The summed E-state index contributed by atoms with van der Waals surface area (Å²) in [6.07, 6.45) is -1.94. The fourth-order valence-corrected chi connectivity index (χ4v) is 1.66. The molecule has 0 radical (unpaired) electrons. The quantitative estimate of drug-likeness (QED) is 0.363. The van der Waals surface area contributed by atoms with Gasteiger partial charge in [0.2, 0.25) is 0 Å². The van der Waals surface area contributed by atoms with Crippen LogP contribution in [0.25, 0.3) is 0 Å². The topological polar surface area (TPSA) is 135 Å². The summed E-state index contributed by atoms with van der Waals surface area (Å²) in [5.74, 6) is 0. The predicted molar refractivity (Wildman–Crippen MR) is 69.1 cm³/mol. The zero-order valence-corrected chi connectivity index (χ0v) is 12.6. The Morgan fingerprint density at radius 2 is 1.95 bits per heavy atom. The van der Waals surface area contributed by atoms with Crippen molar-refractivity contribution in [2.45, 2.75) is 32.5 Å². The van der Waals surface area contributed by atoms with E-state index in [0.29, 0.717) is 0 Å². The number of hydrogen-bond donors (Lipinski definition) is 4. The lowest BCUT2D eigenvalue weighted by Gasteiger charge is -2.19. The third kappa shape index (κ3) is 11.2. The number of amides is 1. The molecule has 0 saturated heterocycles. The summed E-state index contributed by atoms with van der Waals surface area (Å²) >= 11 is 0. The average molecular weight is 315 g/mol. The predicted octanol–water partition coefficient (Wildman–Crippen LogP) is -0.00210. The fraction of sp³-hybridized carbons (Fsp3) is 0.900. The van der Waals surface area contributed by atoms with Crippen LogP contribution in [0.3, 0.4) is 0 Å². The molecule has 9 nitrogen and oxygen atoms in total. The van der Waals surface area contributed by atoms with Crippen LogP contribution in [0.15, 0.2) is 0 Å². The van der Waals surface area contributed by atoms with E-state index in [4.69, 9.17) is 14.9 Å². The SMILES string of the molecule is CC(C)(C)OC(=O)NCCOP(=O)(O)OCC(O)CO. The van der Waals surface area contributed by atoms with E-state index in [0.717, 1.165) is 0 Å². The van der Waals surface area contributed by atoms with Crippen LogP contribution < -0.4 is 5.32 Å². The van der Waals surface area contributed by atoms with Crippen molar-refractivity contribution in [2.24, 2.45) is 0 Å². The van der Waals surface area contributed by atoms with E-state index in [1.807, 2.05) is 0 Å².